The molecule has 0 radical (unpaired) electrons. The van der Waals surface area contributed by atoms with E-state index in [1.165, 1.54) is 17.7 Å². The quantitative estimate of drug-likeness (QED) is 0.175. The maximum Gasteiger partial charge on any atom is 0.318 e. The zero-order valence-electron chi connectivity index (χ0n) is 24.2. The van der Waals surface area contributed by atoms with Gasteiger partial charge in [0, 0.05) is 38.4 Å². The standard InChI is InChI=1S/C33H41FN2O4/c1-24(2)19-26-9-7-25(8-10-26)11-14-28-20-30(39-4)21-32(40-5)31(28)23-36(33(37)35-17-6-18-38-3)22-27-12-15-29(34)16-13-27/h7-16,20-21,24H,6,17-19,22-23H2,1-5H3,(H,35,37)/b14-11+. The van der Waals surface area contributed by atoms with E-state index in [1.807, 2.05) is 24.3 Å². The van der Waals surface area contributed by atoms with E-state index >= 15 is 0 Å². The fraction of sp³-hybridized carbons (Fsp3) is 0.364. The van der Waals surface area contributed by atoms with Crippen LogP contribution in [0.5, 0.6) is 11.5 Å². The van der Waals surface area contributed by atoms with Gasteiger partial charge in [-0.2, -0.15) is 0 Å². The van der Waals surface area contributed by atoms with Gasteiger partial charge in [0.2, 0.25) is 0 Å². The lowest BCUT2D eigenvalue weighted by Gasteiger charge is -2.26. The number of hydrogen-bond acceptors (Lipinski definition) is 4. The van der Waals surface area contributed by atoms with Crippen molar-refractivity contribution in [3.8, 4) is 11.5 Å². The molecule has 2 amide bonds. The Morgan fingerprint density at radius 3 is 2.25 bits per heavy atom. The predicted octanol–water partition coefficient (Wildman–Crippen LogP) is 6.96. The zero-order chi connectivity index (χ0) is 28.9. The first-order valence-electron chi connectivity index (χ1n) is 13.6. The summed E-state index contributed by atoms with van der Waals surface area (Å²) in [6.45, 7) is 6.03. The number of urea groups is 1. The highest BCUT2D eigenvalue weighted by molar-refractivity contribution is 5.76. The molecule has 3 aromatic rings. The van der Waals surface area contributed by atoms with Crippen LogP contribution in [-0.2, 0) is 24.2 Å². The fourth-order valence-electron chi connectivity index (χ4n) is 4.40. The van der Waals surface area contributed by atoms with Gasteiger partial charge in [0.1, 0.15) is 17.3 Å². The molecule has 3 rings (SSSR count). The minimum atomic E-state index is -0.319. The van der Waals surface area contributed by atoms with Crippen molar-refractivity contribution < 1.29 is 23.4 Å². The first kappa shape index (κ1) is 30.7. The lowest BCUT2D eigenvalue weighted by atomic mass is 10.0. The average molecular weight is 549 g/mol. The van der Waals surface area contributed by atoms with Crippen LogP contribution in [0.3, 0.4) is 0 Å². The molecule has 0 aliphatic heterocycles. The van der Waals surface area contributed by atoms with Gasteiger partial charge in [0.25, 0.3) is 0 Å². The van der Waals surface area contributed by atoms with Crippen LogP contribution in [0.15, 0.2) is 60.7 Å². The van der Waals surface area contributed by atoms with Crippen molar-refractivity contribution in [2.75, 3.05) is 34.5 Å². The second-order valence-electron chi connectivity index (χ2n) is 10.1. The van der Waals surface area contributed by atoms with Crippen LogP contribution in [0.4, 0.5) is 9.18 Å². The first-order chi connectivity index (χ1) is 19.3. The third kappa shape index (κ3) is 9.42. The van der Waals surface area contributed by atoms with E-state index in [9.17, 15) is 9.18 Å². The Kier molecular flexibility index (Phi) is 12.0. The summed E-state index contributed by atoms with van der Waals surface area (Å²) in [7, 11) is 4.85. The molecule has 40 heavy (non-hydrogen) atoms. The van der Waals surface area contributed by atoms with E-state index in [4.69, 9.17) is 14.2 Å². The van der Waals surface area contributed by atoms with Gasteiger partial charge in [-0.05, 0) is 59.2 Å². The monoisotopic (exact) mass is 548 g/mol. The van der Waals surface area contributed by atoms with E-state index in [0.717, 1.165) is 28.7 Å². The molecule has 0 aromatic heterocycles. The van der Waals surface area contributed by atoms with Crippen LogP contribution in [0.1, 0.15) is 48.1 Å². The second kappa shape index (κ2) is 15.7. The van der Waals surface area contributed by atoms with E-state index in [2.05, 4.69) is 43.4 Å². The van der Waals surface area contributed by atoms with E-state index in [1.54, 1.807) is 38.4 Å². The normalized spacial score (nSPS) is 11.2. The van der Waals surface area contributed by atoms with Crippen molar-refractivity contribution in [1.82, 2.24) is 10.2 Å². The van der Waals surface area contributed by atoms with E-state index < -0.39 is 0 Å². The van der Waals surface area contributed by atoms with Gasteiger partial charge in [0.05, 0.1) is 20.8 Å². The van der Waals surface area contributed by atoms with Gasteiger partial charge >= 0.3 is 6.03 Å². The summed E-state index contributed by atoms with van der Waals surface area (Å²) >= 11 is 0. The van der Waals surface area contributed by atoms with Gasteiger partial charge < -0.3 is 24.4 Å². The van der Waals surface area contributed by atoms with Crippen LogP contribution in [0.25, 0.3) is 12.2 Å². The Bertz CT molecular complexity index is 1240. The van der Waals surface area contributed by atoms with Crippen LogP contribution >= 0.6 is 0 Å². The minimum absolute atomic E-state index is 0.228. The number of carbonyl (C=O) groups is 1. The molecule has 214 valence electrons. The first-order valence-corrected chi connectivity index (χ1v) is 13.6. The third-order valence-electron chi connectivity index (χ3n) is 6.48. The van der Waals surface area contributed by atoms with Crippen molar-refractivity contribution in [2.24, 2.45) is 5.92 Å². The molecule has 0 unspecified atom stereocenters. The van der Waals surface area contributed by atoms with E-state index in [0.29, 0.717) is 43.5 Å². The molecule has 0 aliphatic rings. The van der Waals surface area contributed by atoms with Crippen LogP contribution in [0, 0.1) is 11.7 Å². The number of methoxy groups -OCH3 is 3. The number of nitrogens with zero attached hydrogens (tertiary/aromatic N) is 1. The molecule has 6 nitrogen and oxygen atoms in total. The van der Waals surface area contributed by atoms with Gasteiger partial charge in [0.15, 0.2) is 0 Å². The third-order valence-corrected chi connectivity index (χ3v) is 6.48. The number of halogens is 1. The summed E-state index contributed by atoms with van der Waals surface area (Å²) in [5.74, 6) is 1.55. The lowest BCUT2D eigenvalue weighted by molar-refractivity contribution is 0.181. The topological polar surface area (TPSA) is 60.0 Å². The van der Waals surface area contributed by atoms with Gasteiger partial charge in [-0.1, -0.05) is 62.4 Å². The number of rotatable bonds is 14. The molecular formula is C33H41FN2O4. The van der Waals surface area contributed by atoms with Crippen molar-refractivity contribution >= 4 is 18.2 Å². The van der Waals surface area contributed by atoms with Crippen LogP contribution < -0.4 is 14.8 Å². The zero-order valence-corrected chi connectivity index (χ0v) is 24.2. The SMILES string of the molecule is COCCCNC(=O)N(Cc1ccc(F)cc1)Cc1c(/C=C/c2ccc(CC(C)C)cc2)cc(OC)cc1OC. The molecule has 0 atom stereocenters. The summed E-state index contributed by atoms with van der Waals surface area (Å²) in [4.78, 5) is 15.0. The highest BCUT2D eigenvalue weighted by atomic mass is 19.1. The second-order valence-corrected chi connectivity index (χ2v) is 10.1. The average Bonchev–Trinajstić information content (AvgIpc) is 2.95. The molecule has 0 aliphatic carbocycles. The van der Waals surface area contributed by atoms with Crippen LogP contribution in [-0.4, -0.2) is 45.4 Å². The maximum absolute atomic E-state index is 13.6. The summed E-state index contributed by atoms with van der Waals surface area (Å²) < 4.78 is 30.0. The number of carbonyl (C=O) groups excluding carboxylic acids is 1. The molecule has 1 N–H and O–H groups in total. The van der Waals surface area contributed by atoms with Gasteiger partial charge in [-0.25, -0.2) is 9.18 Å². The van der Waals surface area contributed by atoms with Crippen molar-refractivity contribution in [3.05, 3.63) is 94.3 Å². The van der Waals surface area contributed by atoms with Gasteiger partial charge in [-0.15, -0.1) is 0 Å². The van der Waals surface area contributed by atoms with Gasteiger partial charge in [-0.3, -0.25) is 0 Å². The number of ether oxygens (including phenoxy) is 3. The molecule has 0 bridgehead atoms. The smallest absolute Gasteiger partial charge is 0.318 e. The summed E-state index contributed by atoms with van der Waals surface area (Å²) in [6, 6.07) is 18.2. The fourth-order valence-corrected chi connectivity index (χ4v) is 4.40. The molecule has 0 heterocycles. The predicted molar refractivity (Wildman–Crippen MR) is 159 cm³/mol. The largest absolute Gasteiger partial charge is 0.497 e. The number of benzene rings is 3. The molecule has 0 saturated carbocycles. The number of amides is 2. The Morgan fingerprint density at radius 2 is 1.62 bits per heavy atom. The van der Waals surface area contributed by atoms with E-state index in [-0.39, 0.29) is 18.4 Å². The Labute approximate surface area is 237 Å². The van der Waals surface area contributed by atoms with Crippen LogP contribution in [0.2, 0.25) is 0 Å². The summed E-state index contributed by atoms with van der Waals surface area (Å²) in [5, 5.41) is 2.97. The minimum Gasteiger partial charge on any atom is -0.497 e. The molecule has 7 heteroatoms. The number of nitrogens with one attached hydrogen (secondary N) is 1. The lowest BCUT2D eigenvalue weighted by Crippen LogP contribution is -2.40. The van der Waals surface area contributed by atoms with Crippen molar-refractivity contribution in [3.63, 3.8) is 0 Å². The highest BCUT2D eigenvalue weighted by Gasteiger charge is 2.20. The number of hydrogen-bond donors (Lipinski definition) is 1. The Morgan fingerprint density at radius 1 is 0.925 bits per heavy atom. The Balaban J connectivity index is 1.93. The molecule has 0 spiro atoms. The molecule has 0 fully saturated rings. The maximum atomic E-state index is 13.6. The Hall–Kier alpha value is -3.84. The summed E-state index contributed by atoms with van der Waals surface area (Å²) in [6.07, 6.45) is 5.80. The van der Waals surface area contributed by atoms with Crippen molar-refractivity contribution in [1.29, 1.82) is 0 Å². The highest BCUT2D eigenvalue weighted by Crippen LogP contribution is 2.32. The summed E-state index contributed by atoms with van der Waals surface area (Å²) in [5.41, 5.74) is 4.91. The molecule has 3 aromatic carbocycles. The molecular weight excluding hydrogens is 507 g/mol. The van der Waals surface area contributed by atoms with Crippen molar-refractivity contribution in [2.45, 2.75) is 39.8 Å². The molecule has 0 saturated heterocycles.